The summed E-state index contributed by atoms with van der Waals surface area (Å²) < 4.78 is 6.09. The number of hydrogen-bond donors (Lipinski definition) is 2. The van der Waals surface area contributed by atoms with Crippen LogP contribution in [0.1, 0.15) is 28.9 Å². The molecule has 1 fully saturated rings. The smallest absolute Gasteiger partial charge is 0.355 e. The van der Waals surface area contributed by atoms with Crippen LogP contribution in [-0.2, 0) is 11.3 Å². The van der Waals surface area contributed by atoms with Crippen LogP contribution < -0.4 is 10.1 Å². The summed E-state index contributed by atoms with van der Waals surface area (Å²) in [6, 6.07) is 8.07. The molecule has 0 radical (unpaired) electrons. The highest BCUT2D eigenvalue weighted by atomic mass is 32.2. The van der Waals surface area contributed by atoms with Crippen LogP contribution in [0.2, 0.25) is 0 Å². The fourth-order valence-corrected chi connectivity index (χ4v) is 5.00. The standard InChI is InChI=1S/C19H23N3O4S2/c1-26-16-5-3-2-4-13(16)10-20-11-14-6-7-17(23)22(14)8-9-27-19-21-15(12-28-19)18(24)25/h2-5,12,14,20H,6-11H2,1H3,(H,24,25)/t14-/m1/s1. The van der Waals surface area contributed by atoms with Crippen LogP contribution in [-0.4, -0.2) is 58.9 Å². The second kappa shape index (κ2) is 9.90. The van der Waals surface area contributed by atoms with Crippen molar-refractivity contribution >= 4 is 35.0 Å². The number of ether oxygens (including phenoxy) is 1. The molecule has 2 N–H and O–H groups in total. The quantitative estimate of drug-likeness (QED) is 0.570. The van der Waals surface area contributed by atoms with Crippen molar-refractivity contribution in [2.24, 2.45) is 0 Å². The second-order valence-corrected chi connectivity index (χ2v) is 8.57. The lowest BCUT2D eigenvalue weighted by molar-refractivity contribution is -0.128. The Hall–Kier alpha value is -2.10. The van der Waals surface area contributed by atoms with E-state index in [0.717, 1.165) is 28.6 Å². The van der Waals surface area contributed by atoms with Crippen molar-refractivity contribution in [3.8, 4) is 5.75 Å². The number of aromatic carboxylic acids is 1. The van der Waals surface area contributed by atoms with Gasteiger partial charge in [0, 0.05) is 48.8 Å². The number of thioether (sulfide) groups is 1. The van der Waals surface area contributed by atoms with E-state index in [1.165, 1.54) is 28.5 Å². The van der Waals surface area contributed by atoms with Crippen molar-refractivity contribution in [2.45, 2.75) is 29.8 Å². The van der Waals surface area contributed by atoms with E-state index in [2.05, 4.69) is 10.3 Å². The molecule has 1 aliphatic rings. The Bertz CT molecular complexity index is 827. The minimum absolute atomic E-state index is 0.0724. The number of benzene rings is 1. The maximum absolute atomic E-state index is 12.2. The summed E-state index contributed by atoms with van der Waals surface area (Å²) in [5, 5.41) is 13.9. The molecule has 0 saturated carbocycles. The number of carbonyl (C=O) groups is 2. The predicted octanol–water partition coefficient (Wildman–Crippen LogP) is 2.72. The molecule has 9 heteroatoms. The minimum Gasteiger partial charge on any atom is -0.496 e. The average Bonchev–Trinajstić information content (AvgIpc) is 3.30. The van der Waals surface area contributed by atoms with Gasteiger partial charge in [0.15, 0.2) is 10.0 Å². The van der Waals surface area contributed by atoms with Gasteiger partial charge in [-0.3, -0.25) is 4.79 Å². The summed E-state index contributed by atoms with van der Waals surface area (Å²) in [6.07, 6.45) is 1.43. The van der Waals surface area contributed by atoms with Gasteiger partial charge in [0.2, 0.25) is 5.91 Å². The van der Waals surface area contributed by atoms with Gasteiger partial charge in [-0.05, 0) is 12.5 Å². The highest BCUT2D eigenvalue weighted by molar-refractivity contribution is 8.01. The van der Waals surface area contributed by atoms with Gasteiger partial charge in [-0.1, -0.05) is 30.0 Å². The number of nitrogens with zero attached hydrogens (tertiary/aromatic N) is 2. The van der Waals surface area contributed by atoms with Gasteiger partial charge in [-0.25, -0.2) is 9.78 Å². The number of carbonyl (C=O) groups excluding carboxylic acids is 1. The number of carboxylic acid groups (broad SMARTS) is 1. The number of aromatic nitrogens is 1. The molecule has 1 amide bonds. The summed E-state index contributed by atoms with van der Waals surface area (Å²) in [7, 11) is 1.66. The first-order chi connectivity index (χ1) is 13.6. The van der Waals surface area contributed by atoms with E-state index in [1.54, 1.807) is 7.11 Å². The molecule has 1 aromatic heterocycles. The minimum atomic E-state index is -1.01. The zero-order chi connectivity index (χ0) is 19.9. The van der Waals surface area contributed by atoms with E-state index in [4.69, 9.17) is 9.84 Å². The van der Waals surface area contributed by atoms with Crippen LogP contribution in [0.4, 0.5) is 0 Å². The van der Waals surface area contributed by atoms with E-state index in [1.807, 2.05) is 29.2 Å². The second-order valence-electron chi connectivity index (χ2n) is 6.37. The van der Waals surface area contributed by atoms with Gasteiger partial charge in [0.05, 0.1) is 7.11 Å². The van der Waals surface area contributed by atoms with Crippen LogP contribution >= 0.6 is 23.1 Å². The van der Waals surface area contributed by atoms with Crippen LogP contribution in [0.25, 0.3) is 0 Å². The zero-order valence-corrected chi connectivity index (χ0v) is 17.2. The van der Waals surface area contributed by atoms with Crippen LogP contribution in [0.3, 0.4) is 0 Å². The molecule has 3 rings (SSSR count). The number of likely N-dealkylation sites (tertiary alicyclic amines) is 1. The first-order valence-corrected chi connectivity index (χ1v) is 10.9. The number of rotatable bonds is 10. The van der Waals surface area contributed by atoms with Crippen LogP contribution in [0.15, 0.2) is 34.0 Å². The highest BCUT2D eigenvalue weighted by Gasteiger charge is 2.30. The van der Waals surface area contributed by atoms with E-state index in [-0.39, 0.29) is 17.6 Å². The number of methoxy groups -OCH3 is 1. The first kappa shape index (κ1) is 20.6. The third-order valence-corrected chi connectivity index (χ3v) is 6.60. The van der Waals surface area contributed by atoms with Crippen molar-refractivity contribution in [1.29, 1.82) is 0 Å². The predicted molar refractivity (Wildman–Crippen MR) is 109 cm³/mol. The molecule has 1 atom stereocenters. The third-order valence-electron chi connectivity index (χ3n) is 4.60. The van der Waals surface area contributed by atoms with Crippen molar-refractivity contribution in [2.75, 3.05) is 26.0 Å². The van der Waals surface area contributed by atoms with Crippen LogP contribution in [0, 0.1) is 0 Å². The first-order valence-electron chi connectivity index (χ1n) is 9.02. The fourth-order valence-electron chi connectivity index (χ4n) is 3.19. The molecule has 7 nitrogen and oxygen atoms in total. The Morgan fingerprint density at radius 1 is 1.46 bits per heavy atom. The molecule has 28 heavy (non-hydrogen) atoms. The summed E-state index contributed by atoms with van der Waals surface area (Å²) in [5.74, 6) is 0.713. The van der Waals surface area contributed by atoms with Crippen molar-refractivity contribution in [1.82, 2.24) is 15.2 Å². The largest absolute Gasteiger partial charge is 0.496 e. The molecule has 0 aliphatic carbocycles. The monoisotopic (exact) mass is 421 g/mol. The number of nitrogens with one attached hydrogen (secondary N) is 1. The van der Waals surface area contributed by atoms with E-state index < -0.39 is 5.97 Å². The molecule has 2 heterocycles. The SMILES string of the molecule is COc1ccccc1CNC[C@H]1CCC(=O)N1CCSc1nc(C(=O)O)cs1. The lowest BCUT2D eigenvalue weighted by Crippen LogP contribution is -2.41. The number of thiazole rings is 1. The Kier molecular flexibility index (Phi) is 7.30. The third kappa shape index (κ3) is 5.24. The number of amides is 1. The number of para-hydroxylation sites is 1. The molecular weight excluding hydrogens is 398 g/mol. The van der Waals surface area contributed by atoms with E-state index in [9.17, 15) is 9.59 Å². The summed E-state index contributed by atoms with van der Waals surface area (Å²) >= 11 is 2.81. The molecule has 2 aromatic rings. The number of carboxylic acids is 1. The average molecular weight is 422 g/mol. The Morgan fingerprint density at radius 3 is 3.04 bits per heavy atom. The Balaban J connectivity index is 1.46. The van der Waals surface area contributed by atoms with Gasteiger partial charge in [0.1, 0.15) is 5.75 Å². The molecule has 0 bridgehead atoms. The number of hydrogen-bond acceptors (Lipinski definition) is 7. The van der Waals surface area contributed by atoms with E-state index >= 15 is 0 Å². The molecule has 0 spiro atoms. The van der Waals surface area contributed by atoms with Gasteiger partial charge >= 0.3 is 5.97 Å². The van der Waals surface area contributed by atoms with Crippen molar-refractivity contribution in [3.05, 3.63) is 40.9 Å². The zero-order valence-electron chi connectivity index (χ0n) is 15.6. The molecule has 0 unspecified atom stereocenters. The topological polar surface area (TPSA) is 91.8 Å². The summed E-state index contributed by atoms with van der Waals surface area (Å²) in [6.45, 7) is 2.05. The lowest BCUT2D eigenvalue weighted by atomic mass is 10.2. The van der Waals surface area contributed by atoms with E-state index in [0.29, 0.717) is 25.3 Å². The van der Waals surface area contributed by atoms with Gasteiger partial charge in [-0.2, -0.15) is 0 Å². The normalized spacial score (nSPS) is 16.5. The molecule has 1 aliphatic heterocycles. The highest BCUT2D eigenvalue weighted by Crippen LogP contribution is 2.25. The molecule has 150 valence electrons. The van der Waals surface area contributed by atoms with Crippen LogP contribution in [0.5, 0.6) is 5.75 Å². The fraction of sp³-hybridized carbons (Fsp3) is 0.421. The Morgan fingerprint density at radius 2 is 2.29 bits per heavy atom. The van der Waals surface area contributed by atoms with Crippen molar-refractivity contribution in [3.63, 3.8) is 0 Å². The summed E-state index contributed by atoms with van der Waals surface area (Å²) in [5.41, 5.74) is 1.16. The van der Waals surface area contributed by atoms with Gasteiger partial charge in [-0.15, -0.1) is 11.3 Å². The molecule has 1 aromatic carbocycles. The van der Waals surface area contributed by atoms with Crippen molar-refractivity contribution < 1.29 is 19.4 Å². The summed E-state index contributed by atoms with van der Waals surface area (Å²) in [4.78, 5) is 29.1. The maximum atomic E-state index is 12.2. The Labute approximate surface area is 172 Å². The maximum Gasteiger partial charge on any atom is 0.355 e. The molecule has 1 saturated heterocycles. The van der Waals surface area contributed by atoms with Gasteiger partial charge < -0.3 is 20.1 Å². The van der Waals surface area contributed by atoms with Gasteiger partial charge in [0.25, 0.3) is 0 Å². The molecular formula is C19H23N3O4S2. The lowest BCUT2D eigenvalue weighted by Gasteiger charge is -2.25.